The maximum atomic E-state index is 5.72. The number of hydrogen-bond acceptors (Lipinski definition) is 3. The topological polar surface area (TPSA) is 39.6 Å². The molecule has 3 heterocycles. The first kappa shape index (κ1) is 9.81. The summed E-state index contributed by atoms with van der Waals surface area (Å²) >= 11 is 3.54. The Hall–Kier alpha value is -0.390. The molecule has 2 saturated heterocycles. The van der Waals surface area contributed by atoms with E-state index in [0.717, 1.165) is 36.2 Å². The lowest BCUT2D eigenvalue weighted by Crippen LogP contribution is -2.24. The van der Waals surface area contributed by atoms with E-state index in [9.17, 15) is 0 Å². The van der Waals surface area contributed by atoms with E-state index < -0.39 is 0 Å². The minimum Gasteiger partial charge on any atom is -0.349 e. The maximum absolute atomic E-state index is 5.72. The second-order valence-corrected chi connectivity index (χ2v) is 4.82. The largest absolute Gasteiger partial charge is 0.349 e. The lowest BCUT2D eigenvalue weighted by atomic mass is 9.97. The first-order chi connectivity index (χ1) is 7.28. The van der Waals surface area contributed by atoms with Gasteiger partial charge in [0.25, 0.3) is 0 Å². The molecule has 0 N–H and O–H groups in total. The van der Waals surface area contributed by atoms with Crippen molar-refractivity contribution in [2.45, 2.75) is 38.2 Å². The van der Waals surface area contributed by atoms with Crippen LogP contribution in [-0.4, -0.2) is 22.7 Å². The number of nitrogens with zero attached hydrogens (tertiary/aromatic N) is 2. The summed E-state index contributed by atoms with van der Waals surface area (Å²) in [6.07, 6.45) is 3.87. The molecule has 1 aromatic rings. The standard InChI is InChI=1S/C10H13BrN2O2/c1-2-13-8(7(11)6-12-13)10-4-3-5-14-9(10)15-10/h6,9H,2-5H2,1H3/t9-,10-/m1/s1. The molecule has 5 heteroatoms. The van der Waals surface area contributed by atoms with Crippen molar-refractivity contribution in [3.05, 3.63) is 16.4 Å². The highest BCUT2D eigenvalue weighted by atomic mass is 79.9. The van der Waals surface area contributed by atoms with E-state index in [-0.39, 0.29) is 11.9 Å². The Labute approximate surface area is 96.7 Å². The van der Waals surface area contributed by atoms with Gasteiger partial charge in [0.05, 0.1) is 23.0 Å². The van der Waals surface area contributed by atoms with Gasteiger partial charge in [0.15, 0.2) is 11.9 Å². The fourth-order valence-corrected chi connectivity index (χ4v) is 2.97. The van der Waals surface area contributed by atoms with Crippen LogP contribution in [0.4, 0.5) is 0 Å². The molecule has 0 amide bonds. The number of hydrogen-bond donors (Lipinski definition) is 0. The van der Waals surface area contributed by atoms with E-state index in [1.54, 1.807) is 0 Å². The molecule has 0 bridgehead atoms. The fourth-order valence-electron chi connectivity index (χ4n) is 2.34. The summed E-state index contributed by atoms with van der Waals surface area (Å²) in [5, 5.41) is 4.32. The zero-order valence-corrected chi connectivity index (χ0v) is 10.2. The van der Waals surface area contributed by atoms with Crippen molar-refractivity contribution >= 4 is 15.9 Å². The quantitative estimate of drug-likeness (QED) is 0.774. The van der Waals surface area contributed by atoms with Crippen LogP contribution in [0.3, 0.4) is 0 Å². The zero-order chi connectivity index (χ0) is 10.5. The Bertz CT molecular complexity index is 393. The molecule has 0 saturated carbocycles. The molecule has 2 atom stereocenters. The van der Waals surface area contributed by atoms with Crippen LogP contribution in [0.1, 0.15) is 25.5 Å². The lowest BCUT2D eigenvalue weighted by molar-refractivity contribution is 0.0415. The van der Waals surface area contributed by atoms with Crippen molar-refractivity contribution in [2.75, 3.05) is 6.61 Å². The van der Waals surface area contributed by atoms with Crippen LogP contribution in [0.25, 0.3) is 0 Å². The molecule has 2 aliphatic heterocycles. The first-order valence-electron chi connectivity index (χ1n) is 5.29. The average Bonchev–Trinajstić information content (AvgIpc) is 2.87. The Balaban J connectivity index is 2.01. The van der Waals surface area contributed by atoms with Gasteiger partial charge in [-0.25, -0.2) is 0 Å². The molecular formula is C10H13BrN2O2. The lowest BCUT2D eigenvalue weighted by Gasteiger charge is -2.18. The summed E-state index contributed by atoms with van der Waals surface area (Å²) in [4.78, 5) is 0. The van der Waals surface area contributed by atoms with Crippen molar-refractivity contribution in [1.82, 2.24) is 9.78 Å². The van der Waals surface area contributed by atoms with Crippen LogP contribution < -0.4 is 0 Å². The molecule has 1 aromatic heterocycles. The highest BCUT2D eigenvalue weighted by molar-refractivity contribution is 9.10. The van der Waals surface area contributed by atoms with Crippen LogP contribution in [0, 0.1) is 0 Å². The minimum atomic E-state index is -0.219. The smallest absolute Gasteiger partial charge is 0.193 e. The third-order valence-electron chi connectivity index (χ3n) is 3.10. The summed E-state index contributed by atoms with van der Waals surface area (Å²) < 4.78 is 14.3. The number of ether oxygens (including phenoxy) is 2. The highest BCUT2D eigenvalue weighted by Crippen LogP contribution is 2.54. The van der Waals surface area contributed by atoms with Gasteiger partial charge in [0, 0.05) is 6.54 Å². The second kappa shape index (κ2) is 3.30. The van der Waals surface area contributed by atoms with E-state index in [1.165, 1.54) is 0 Å². The summed E-state index contributed by atoms with van der Waals surface area (Å²) in [6, 6.07) is 0. The number of rotatable bonds is 2. The third-order valence-corrected chi connectivity index (χ3v) is 3.68. The Kier molecular flexibility index (Phi) is 2.16. The first-order valence-corrected chi connectivity index (χ1v) is 6.08. The van der Waals surface area contributed by atoms with Gasteiger partial charge in [0.2, 0.25) is 0 Å². The van der Waals surface area contributed by atoms with Crippen molar-refractivity contribution in [3.8, 4) is 0 Å². The zero-order valence-electron chi connectivity index (χ0n) is 8.57. The normalized spacial score (nSPS) is 33.9. The van der Waals surface area contributed by atoms with E-state index in [1.807, 2.05) is 10.9 Å². The average molecular weight is 273 g/mol. The third kappa shape index (κ3) is 1.30. The van der Waals surface area contributed by atoms with Gasteiger partial charge in [-0.2, -0.15) is 5.10 Å². The van der Waals surface area contributed by atoms with Crippen molar-refractivity contribution < 1.29 is 9.47 Å². The molecule has 4 nitrogen and oxygen atoms in total. The number of fused-ring (bicyclic) bond motifs is 1. The maximum Gasteiger partial charge on any atom is 0.193 e. The number of epoxide rings is 1. The summed E-state index contributed by atoms with van der Waals surface area (Å²) in [7, 11) is 0. The van der Waals surface area contributed by atoms with Crippen LogP contribution in [0.2, 0.25) is 0 Å². The highest BCUT2D eigenvalue weighted by Gasteiger charge is 2.63. The predicted molar refractivity (Wildman–Crippen MR) is 57.3 cm³/mol. The molecule has 0 spiro atoms. The molecule has 82 valence electrons. The summed E-state index contributed by atoms with van der Waals surface area (Å²) in [5.74, 6) is 0. The Morgan fingerprint density at radius 1 is 1.73 bits per heavy atom. The van der Waals surface area contributed by atoms with E-state index in [4.69, 9.17) is 9.47 Å². The molecular weight excluding hydrogens is 260 g/mol. The molecule has 15 heavy (non-hydrogen) atoms. The van der Waals surface area contributed by atoms with Gasteiger partial charge in [-0.3, -0.25) is 4.68 Å². The van der Waals surface area contributed by atoms with Gasteiger partial charge in [-0.05, 0) is 35.7 Å². The molecule has 0 aliphatic carbocycles. The van der Waals surface area contributed by atoms with Crippen molar-refractivity contribution in [1.29, 1.82) is 0 Å². The number of aryl methyl sites for hydroxylation is 1. The monoisotopic (exact) mass is 272 g/mol. The number of aromatic nitrogens is 2. The molecule has 2 aliphatic rings. The summed E-state index contributed by atoms with van der Waals surface area (Å²) in [6.45, 7) is 3.75. The van der Waals surface area contributed by atoms with E-state index >= 15 is 0 Å². The fraction of sp³-hybridized carbons (Fsp3) is 0.700. The van der Waals surface area contributed by atoms with Gasteiger partial charge < -0.3 is 9.47 Å². The molecule has 3 rings (SSSR count). The second-order valence-electron chi connectivity index (χ2n) is 3.97. The molecule has 0 radical (unpaired) electrons. The predicted octanol–water partition coefficient (Wildman–Crippen LogP) is 2.03. The van der Waals surface area contributed by atoms with Gasteiger partial charge in [0.1, 0.15) is 0 Å². The van der Waals surface area contributed by atoms with Gasteiger partial charge >= 0.3 is 0 Å². The SMILES string of the molecule is CCn1ncc(Br)c1[C@]12CCCO[C@@H]1O2. The Morgan fingerprint density at radius 2 is 2.60 bits per heavy atom. The molecule has 2 fully saturated rings. The van der Waals surface area contributed by atoms with Crippen molar-refractivity contribution in [3.63, 3.8) is 0 Å². The van der Waals surface area contributed by atoms with Crippen LogP contribution in [-0.2, 0) is 21.6 Å². The van der Waals surface area contributed by atoms with Crippen LogP contribution in [0.15, 0.2) is 10.7 Å². The van der Waals surface area contributed by atoms with Crippen LogP contribution in [0.5, 0.6) is 0 Å². The van der Waals surface area contributed by atoms with E-state index in [2.05, 4.69) is 28.0 Å². The minimum absolute atomic E-state index is 0.0513. The van der Waals surface area contributed by atoms with E-state index in [0.29, 0.717) is 0 Å². The van der Waals surface area contributed by atoms with Crippen LogP contribution >= 0.6 is 15.9 Å². The summed E-state index contributed by atoms with van der Waals surface area (Å²) in [5.41, 5.74) is 0.915. The Morgan fingerprint density at radius 3 is 3.33 bits per heavy atom. The molecule has 0 aromatic carbocycles. The number of halogens is 1. The van der Waals surface area contributed by atoms with Gasteiger partial charge in [-0.15, -0.1) is 0 Å². The van der Waals surface area contributed by atoms with Gasteiger partial charge in [-0.1, -0.05) is 0 Å². The van der Waals surface area contributed by atoms with Crippen molar-refractivity contribution in [2.24, 2.45) is 0 Å². The molecule has 0 unspecified atom stereocenters.